The number of imidazole rings is 1. The van der Waals surface area contributed by atoms with Crippen LogP contribution in [0.15, 0.2) is 22.7 Å². The van der Waals surface area contributed by atoms with Crippen molar-refractivity contribution in [3.05, 3.63) is 28.5 Å². The molecule has 1 aliphatic rings. The topological polar surface area (TPSA) is 17.8 Å². The van der Waals surface area contributed by atoms with E-state index in [0.717, 1.165) is 22.4 Å². The van der Waals surface area contributed by atoms with Crippen LogP contribution in [0.5, 0.6) is 0 Å². The number of hydrogen-bond acceptors (Lipinski definition) is 2. The SMILES string of the molecule is CC(Cl)c1nc2ccc(Br)cc2n1CC1CCCCS1. The Labute approximate surface area is 137 Å². The van der Waals surface area contributed by atoms with Crippen molar-refractivity contribution in [2.45, 2.75) is 43.4 Å². The van der Waals surface area contributed by atoms with E-state index in [1.54, 1.807) is 0 Å². The Bertz CT molecular complexity index is 605. The van der Waals surface area contributed by atoms with Crippen molar-refractivity contribution in [1.82, 2.24) is 9.55 Å². The van der Waals surface area contributed by atoms with Crippen molar-refractivity contribution in [2.75, 3.05) is 5.75 Å². The van der Waals surface area contributed by atoms with Gasteiger partial charge in [-0.1, -0.05) is 22.4 Å². The van der Waals surface area contributed by atoms with E-state index in [0.29, 0.717) is 5.25 Å². The van der Waals surface area contributed by atoms with Gasteiger partial charge in [-0.2, -0.15) is 11.8 Å². The molecular weight excluding hydrogens is 356 g/mol. The molecule has 3 rings (SSSR count). The number of halogens is 2. The molecule has 0 N–H and O–H groups in total. The van der Waals surface area contributed by atoms with Crippen LogP contribution >= 0.6 is 39.3 Å². The zero-order chi connectivity index (χ0) is 14.1. The van der Waals surface area contributed by atoms with Gasteiger partial charge in [-0.25, -0.2) is 4.98 Å². The Morgan fingerprint density at radius 1 is 1.50 bits per heavy atom. The van der Waals surface area contributed by atoms with Crippen LogP contribution in [0.1, 0.15) is 37.4 Å². The van der Waals surface area contributed by atoms with Crippen LogP contribution in [0, 0.1) is 0 Å². The Balaban J connectivity index is 2.01. The van der Waals surface area contributed by atoms with Crippen LogP contribution in [-0.2, 0) is 6.54 Å². The summed E-state index contributed by atoms with van der Waals surface area (Å²) in [7, 11) is 0. The highest BCUT2D eigenvalue weighted by molar-refractivity contribution is 9.10. The Hall–Kier alpha value is -0.190. The lowest BCUT2D eigenvalue weighted by Crippen LogP contribution is -2.18. The van der Waals surface area contributed by atoms with E-state index in [-0.39, 0.29) is 5.38 Å². The van der Waals surface area contributed by atoms with Crippen LogP contribution in [0.25, 0.3) is 11.0 Å². The fourth-order valence-corrected chi connectivity index (χ4v) is 4.57. The normalized spacial score (nSPS) is 21.2. The smallest absolute Gasteiger partial charge is 0.127 e. The van der Waals surface area contributed by atoms with Crippen LogP contribution in [-0.4, -0.2) is 20.6 Å². The number of rotatable bonds is 3. The quantitative estimate of drug-likeness (QED) is 0.672. The molecule has 1 aromatic carbocycles. The highest BCUT2D eigenvalue weighted by atomic mass is 79.9. The van der Waals surface area contributed by atoms with Crippen molar-refractivity contribution < 1.29 is 0 Å². The van der Waals surface area contributed by atoms with Gasteiger partial charge in [0.05, 0.1) is 16.4 Å². The maximum atomic E-state index is 6.34. The molecule has 0 bridgehead atoms. The predicted octanol–water partition coefficient (Wildman–Crippen LogP) is 5.38. The highest BCUT2D eigenvalue weighted by Gasteiger charge is 2.20. The second kappa shape index (κ2) is 6.29. The zero-order valence-corrected chi connectivity index (χ0v) is 14.6. The van der Waals surface area contributed by atoms with Crippen molar-refractivity contribution in [2.24, 2.45) is 0 Å². The summed E-state index contributed by atoms with van der Waals surface area (Å²) >= 11 is 12.0. The summed E-state index contributed by atoms with van der Waals surface area (Å²) in [6.07, 6.45) is 4.00. The van der Waals surface area contributed by atoms with Gasteiger partial charge in [0.2, 0.25) is 0 Å². The van der Waals surface area contributed by atoms with Crippen LogP contribution in [0.2, 0.25) is 0 Å². The number of alkyl halides is 1. The van der Waals surface area contributed by atoms with E-state index in [4.69, 9.17) is 16.6 Å². The Morgan fingerprint density at radius 3 is 3.05 bits per heavy atom. The molecule has 1 fully saturated rings. The fraction of sp³-hybridized carbons (Fsp3) is 0.533. The zero-order valence-electron chi connectivity index (χ0n) is 11.5. The molecule has 20 heavy (non-hydrogen) atoms. The molecule has 1 aromatic heterocycles. The molecule has 2 heterocycles. The van der Waals surface area contributed by atoms with Gasteiger partial charge < -0.3 is 4.57 Å². The summed E-state index contributed by atoms with van der Waals surface area (Å²) in [5, 5.41) is 0.629. The average Bonchev–Trinajstić information content (AvgIpc) is 2.78. The number of hydrogen-bond donors (Lipinski definition) is 0. The third-order valence-corrected chi connectivity index (χ3v) is 5.82. The van der Waals surface area contributed by atoms with Crippen LogP contribution in [0.3, 0.4) is 0 Å². The first-order valence-electron chi connectivity index (χ1n) is 7.06. The molecule has 0 amide bonds. The first-order valence-corrected chi connectivity index (χ1v) is 9.34. The number of fused-ring (bicyclic) bond motifs is 1. The lowest BCUT2D eigenvalue weighted by Gasteiger charge is -2.23. The second-order valence-electron chi connectivity index (χ2n) is 5.32. The molecular formula is C15H18BrClN2S. The first-order chi connectivity index (χ1) is 9.65. The molecule has 108 valence electrons. The van der Waals surface area contributed by atoms with E-state index < -0.39 is 0 Å². The number of benzene rings is 1. The predicted molar refractivity (Wildman–Crippen MR) is 91.8 cm³/mol. The molecule has 1 aliphatic heterocycles. The summed E-state index contributed by atoms with van der Waals surface area (Å²) in [6, 6.07) is 6.25. The molecule has 0 saturated carbocycles. The van der Waals surface area contributed by atoms with Crippen molar-refractivity contribution in [3.8, 4) is 0 Å². The van der Waals surface area contributed by atoms with Crippen molar-refractivity contribution in [3.63, 3.8) is 0 Å². The lowest BCUT2D eigenvalue weighted by atomic mass is 10.2. The lowest BCUT2D eigenvalue weighted by molar-refractivity contribution is 0.575. The molecule has 0 spiro atoms. The minimum atomic E-state index is -0.0604. The summed E-state index contributed by atoms with van der Waals surface area (Å²) < 4.78 is 3.41. The van der Waals surface area contributed by atoms with Gasteiger partial charge in [-0.05, 0) is 43.7 Å². The number of aromatic nitrogens is 2. The van der Waals surface area contributed by atoms with Crippen molar-refractivity contribution in [1.29, 1.82) is 0 Å². The van der Waals surface area contributed by atoms with Crippen molar-refractivity contribution >= 4 is 50.3 Å². The highest BCUT2D eigenvalue weighted by Crippen LogP contribution is 2.31. The van der Waals surface area contributed by atoms with Gasteiger partial charge in [0.1, 0.15) is 5.82 Å². The van der Waals surface area contributed by atoms with Crippen LogP contribution < -0.4 is 0 Å². The summed E-state index contributed by atoms with van der Waals surface area (Å²) in [5.74, 6) is 2.28. The first kappa shape index (κ1) is 14.7. The summed E-state index contributed by atoms with van der Waals surface area (Å²) in [6.45, 7) is 3.02. The minimum Gasteiger partial charge on any atom is -0.326 e. The van der Waals surface area contributed by atoms with Gasteiger partial charge in [0.25, 0.3) is 0 Å². The maximum Gasteiger partial charge on any atom is 0.127 e. The fourth-order valence-electron chi connectivity index (χ4n) is 2.77. The second-order valence-corrected chi connectivity index (χ2v) is 8.30. The number of nitrogens with zero attached hydrogens (tertiary/aromatic N) is 2. The molecule has 0 radical (unpaired) electrons. The van der Waals surface area contributed by atoms with Gasteiger partial charge >= 0.3 is 0 Å². The average molecular weight is 374 g/mol. The van der Waals surface area contributed by atoms with Gasteiger partial charge in [0.15, 0.2) is 0 Å². The Morgan fingerprint density at radius 2 is 2.35 bits per heavy atom. The summed E-state index contributed by atoms with van der Waals surface area (Å²) in [5.41, 5.74) is 2.23. The molecule has 2 unspecified atom stereocenters. The standard InChI is InChI=1S/C15H18BrClN2S/c1-10(17)15-18-13-6-5-11(16)8-14(13)19(15)9-12-4-2-3-7-20-12/h5-6,8,10,12H,2-4,7,9H2,1H3. The molecule has 2 nitrogen and oxygen atoms in total. The van der Waals surface area contributed by atoms with E-state index in [2.05, 4.69) is 44.4 Å². The number of thioether (sulfide) groups is 1. The largest absolute Gasteiger partial charge is 0.326 e. The molecule has 5 heteroatoms. The summed E-state index contributed by atoms with van der Waals surface area (Å²) in [4.78, 5) is 4.72. The monoisotopic (exact) mass is 372 g/mol. The molecule has 0 aliphatic carbocycles. The Kier molecular flexibility index (Phi) is 4.63. The van der Waals surface area contributed by atoms with Gasteiger partial charge in [-0.3, -0.25) is 0 Å². The van der Waals surface area contributed by atoms with E-state index in [1.807, 2.05) is 13.0 Å². The van der Waals surface area contributed by atoms with Crippen LogP contribution in [0.4, 0.5) is 0 Å². The molecule has 2 aromatic rings. The van der Waals surface area contributed by atoms with E-state index >= 15 is 0 Å². The van der Waals surface area contributed by atoms with Gasteiger partial charge in [0, 0.05) is 16.3 Å². The third kappa shape index (κ3) is 3.02. The minimum absolute atomic E-state index is 0.0604. The third-order valence-electron chi connectivity index (χ3n) is 3.76. The van der Waals surface area contributed by atoms with E-state index in [9.17, 15) is 0 Å². The van der Waals surface area contributed by atoms with Gasteiger partial charge in [-0.15, -0.1) is 11.6 Å². The molecule has 1 saturated heterocycles. The maximum absolute atomic E-state index is 6.34. The molecule has 2 atom stereocenters. The van der Waals surface area contributed by atoms with E-state index in [1.165, 1.54) is 30.5 Å².